The number of carbonyl (C=O) groups excluding carboxylic acids is 2. The van der Waals surface area contributed by atoms with E-state index in [9.17, 15) is 9.59 Å². The Hall–Kier alpha value is -1.88. The highest BCUT2D eigenvalue weighted by atomic mass is 16.5. The molecule has 1 aliphatic heterocycles. The first kappa shape index (κ1) is 17.5. The highest BCUT2D eigenvalue weighted by molar-refractivity contribution is 5.89. The van der Waals surface area contributed by atoms with Crippen LogP contribution < -0.4 is 0 Å². The summed E-state index contributed by atoms with van der Waals surface area (Å²) in [5.41, 5.74) is 1.74. The summed E-state index contributed by atoms with van der Waals surface area (Å²) in [4.78, 5) is 25.5. The number of carbonyl (C=O) groups is 2. The second-order valence-corrected chi connectivity index (χ2v) is 5.75. The summed E-state index contributed by atoms with van der Waals surface area (Å²) in [6.07, 6.45) is 3.29. The lowest BCUT2D eigenvalue weighted by molar-refractivity contribution is -0.138. The van der Waals surface area contributed by atoms with E-state index < -0.39 is 0 Å². The zero-order valence-corrected chi connectivity index (χ0v) is 13.9. The number of likely N-dealkylation sites (tertiary alicyclic amines) is 1. The van der Waals surface area contributed by atoms with Gasteiger partial charge in [-0.3, -0.25) is 4.79 Å². The molecule has 0 N–H and O–H groups in total. The van der Waals surface area contributed by atoms with Crippen LogP contribution in [0.3, 0.4) is 0 Å². The number of amides is 1. The minimum atomic E-state index is -0.286. The molecule has 2 rings (SSSR count). The van der Waals surface area contributed by atoms with Crippen LogP contribution in [0.15, 0.2) is 24.3 Å². The Morgan fingerprint density at radius 1 is 1.30 bits per heavy atom. The van der Waals surface area contributed by atoms with Crippen LogP contribution in [0, 0.1) is 0 Å². The highest BCUT2D eigenvalue weighted by Gasteiger charge is 2.24. The number of rotatable bonds is 7. The first-order chi connectivity index (χ1) is 11.1. The molecule has 0 bridgehead atoms. The zero-order valence-electron chi connectivity index (χ0n) is 13.9. The van der Waals surface area contributed by atoms with Gasteiger partial charge in [-0.1, -0.05) is 12.1 Å². The second-order valence-electron chi connectivity index (χ2n) is 5.75. The molecule has 0 aromatic heterocycles. The van der Waals surface area contributed by atoms with Crippen molar-refractivity contribution in [2.45, 2.75) is 38.7 Å². The number of benzene rings is 1. The second kappa shape index (κ2) is 8.67. The SMILES string of the molecule is CCOC(=O)c1ccc(CCCN2CCC(OC)CC2=O)cc1. The average Bonchev–Trinajstić information content (AvgIpc) is 2.57. The van der Waals surface area contributed by atoms with Crippen molar-refractivity contribution in [3.63, 3.8) is 0 Å². The van der Waals surface area contributed by atoms with E-state index in [1.165, 1.54) is 0 Å². The molecule has 1 amide bonds. The standard InChI is InChI=1S/C18H25NO4/c1-3-23-18(21)15-8-6-14(7-9-15)5-4-11-19-12-10-16(22-2)13-17(19)20/h6-9,16H,3-5,10-13H2,1-2H3. The number of hydrogen-bond donors (Lipinski definition) is 0. The molecular formula is C18H25NO4. The normalized spacial score (nSPS) is 18.1. The van der Waals surface area contributed by atoms with Gasteiger partial charge >= 0.3 is 5.97 Å². The topological polar surface area (TPSA) is 55.8 Å². The molecule has 23 heavy (non-hydrogen) atoms. The maximum Gasteiger partial charge on any atom is 0.338 e. The number of ether oxygens (including phenoxy) is 2. The summed E-state index contributed by atoms with van der Waals surface area (Å²) < 4.78 is 10.2. The van der Waals surface area contributed by atoms with E-state index in [4.69, 9.17) is 9.47 Å². The van der Waals surface area contributed by atoms with Gasteiger partial charge in [-0.2, -0.15) is 0 Å². The fourth-order valence-corrected chi connectivity index (χ4v) is 2.78. The summed E-state index contributed by atoms with van der Waals surface area (Å²) >= 11 is 0. The van der Waals surface area contributed by atoms with Crippen LogP contribution in [0.1, 0.15) is 42.1 Å². The summed E-state index contributed by atoms with van der Waals surface area (Å²) in [6, 6.07) is 7.49. The fraction of sp³-hybridized carbons (Fsp3) is 0.556. The van der Waals surface area contributed by atoms with Gasteiger partial charge in [0.25, 0.3) is 0 Å². The van der Waals surface area contributed by atoms with Crippen molar-refractivity contribution in [1.29, 1.82) is 0 Å². The lowest BCUT2D eigenvalue weighted by atomic mass is 10.0. The van der Waals surface area contributed by atoms with E-state index in [-0.39, 0.29) is 18.0 Å². The fourth-order valence-electron chi connectivity index (χ4n) is 2.78. The molecule has 126 valence electrons. The smallest absolute Gasteiger partial charge is 0.338 e. The molecule has 0 radical (unpaired) electrons. The summed E-state index contributed by atoms with van der Waals surface area (Å²) in [5.74, 6) is -0.105. The first-order valence-corrected chi connectivity index (χ1v) is 8.20. The Labute approximate surface area is 137 Å². The minimum Gasteiger partial charge on any atom is -0.462 e. The van der Waals surface area contributed by atoms with Crippen molar-refractivity contribution in [3.05, 3.63) is 35.4 Å². The molecule has 1 unspecified atom stereocenters. The van der Waals surface area contributed by atoms with E-state index in [0.717, 1.165) is 37.9 Å². The lowest BCUT2D eigenvalue weighted by Gasteiger charge is -2.31. The molecule has 0 spiro atoms. The number of piperidine rings is 1. The van der Waals surface area contributed by atoms with Crippen LogP contribution >= 0.6 is 0 Å². The molecule has 1 heterocycles. The van der Waals surface area contributed by atoms with E-state index in [1.54, 1.807) is 26.2 Å². The van der Waals surface area contributed by atoms with Crippen molar-refractivity contribution in [2.24, 2.45) is 0 Å². The largest absolute Gasteiger partial charge is 0.462 e. The Morgan fingerprint density at radius 3 is 2.65 bits per heavy atom. The maximum absolute atomic E-state index is 12.0. The molecule has 5 nitrogen and oxygen atoms in total. The van der Waals surface area contributed by atoms with E-state index in [1.807, 2.05) is 17.0 Å². The number of esters is 1. The molecule has 1 aromatic carbocycles. The van der Waals surface area contributed by atoms with Crippen LogP contribution in [0.4, 0.5) is 0 Å². The summed E-state index contributed by atoms with van der Waals surface area (Å²) in [5, 5.41) is 0. The predicted octanol–water partition coefficient (Wildman–Crippen LogP) is 2.43. The monoisotopic (exact) mass is 319 g/mol. The molecule has 5 heteroatoms. The van der Waals surface area contributed by atoms with E-state index >= 15 is 0 Å². The Kier molecular flexibility index (Phi) is 6.59. The minimum absolute atomic E-state index is 0.0779. The molecule has 0 saturated carbocycles. The van der Waals surface area contributed by atoms with Crippen LogP contribution in [-0.2, 0) is 20.7 Å². The molecule has 1 atom stereocenters. The Balaban J connectivity index is 1.76. The first-order valence-electron chi connectivity index (χ1n) is 8.20. The van der Waals surface area contributed by atoms with Gasteiger partial charge < -0.3 is 14.4 Å². The van der Waals surface area contributed by atoms with Gasteiger partial charge in [0.1, 0.15) is 0 Å². The van der Waals surface area contributed by atoms with Crippen LogP contribution in [0.5, 0.6) is 0 Å². The zero-order chi connectivity index (χ0) is 16.7. The van der Waals surface area contributed by atoms with E-state index in [2.05, 4.69) is 0 Å². The third-order valence-corrected chi connectivity index (χ3v) is 4.17. The Bertz CT molecular complexity index is 526. The van der Waals surface area contributed by atoms with Gasteiger partial charge in [-0.25, -0.2) is 4.79 Å². The molecule has 1 aromatic rings. The third kappa shape index (κ3) is 5.06. The summed E-state index contributed by atoms with van der Waals surface area (Å²) in [7, 11) is 1.66. The van der Waals surface area contributed by atoms with Crippen LogP contribution in [0.25, 0.3) is 0 Å². The van der Waals surface area contributed by atoms with Crippen molar-refractivity contribution in [1.82, 2.24) is 4.90 Å². The van der Waals surface area contributed by atoms with Crippen molar-refractivity contribution >= 4 is 11.9 Å². The molecule has 1 aliphatic rings. The summed E-state index contributed by atoms with van der Waals surface area (Å²) in [6.45, 7) is 3.73. The number of nitrogens with zero attached hydrogens (tertiary/aromatic N) is 1. The van der Waals surface area contributed by atoms with Gasteiger partial charge in [-0.15, -0.1) is 0 Å². The van der Waals surface area contributed by atoms with Gasteiger partial charge in [0, 0.05) is 20.2 Å². The highest BCUT2D eigenvalue weighted by Crippen LogP contribution is 2.15. The van der Waals surface area contributed by atoms with Crippen LogP contribution in [0.2, 0.25) is 0 Å². The van der Waals surface area contributed by atoms with Gasteiger partial charge in [0.2, 0.25) is 5.91 Å². The average molecular weight is 319 g/mol. The maximum atomic E-state index is 12.0. The predicted molar refractivity (Wildman–Crippen MR) is 87.3 cm³/mol. The molecular weight excluding hydrogens is 294 g/mol. The van der Waals surface area contributed by atoms with Gasteiger partial charge in [-0.05, 0) is 43.9 Å². The number of hydrogen-bond acceptors (Lipinski definition) is 4. The molecule has 1 saturated heterocycles. The number of aryl methyl sites for hydroxylation is 1. The van der Waals surface area contributed by atoms with Gasteiger partial charge in [0.05, 0.1) is 24.7 Å². The number of methoxy groups -OCH3 is 1. The van der Waals surface area contributed by atoms with Crippen molar-refractivity contribution < 1.29 is 19.1 Å². The van der Waals surface area contributed by atoms with Crippen LogP contribution in [-0.4, -0.2) is 49.7 Å². The van der Waals surface area contributed by atoms with Gasteiger partial charge in [0.15, 0.2) is 0 Å². The molecule has 0 aliphatic carbocycles. The van der Waals surface area contributed by atoms with Crippen molar-refractivity contribution in [2.75, 3.05) is 26.8 Å². The quantitative estimate of drug-likeness (QED) is 0.724. The van der Waals surface area contributed by atoms with Crippen molar-refractivity contribution in [3.8, 4) is 0 Å². The third-order valence-electron chi connectivity index (χ3n) is 4.17. The lowest BCUT2D eigenvalue weighted by Crippen LogP contribution is -2.41. The van der Waals surface area contributed by atoms with E-state index in [0.29, 0.717) is 18.6 Å². The molecule has 1 fully saturated rings. The Morgan fingerprint density at radius 2 is 2.04 bits per heavy atom.